The number of piperidine rings is 1. The fourth-order valence-electron chi connectivity index (χ4n) is 3.65. The van der Waals surface area contributed by atoms with Crippen LogP contribution in [0.2, 0.25) is 0 Å². The zero-order valence-corrected chi connectivity index (χ0v) is 14.6. The predicted octanol–water partition coefficient (Wildman–Crippen LogP) is 4.03. The molecule has 0 spiro atoms. The number of aryl methyl sites for hydroxylation is 1. The zero-order valence-electron chi connectivity index (χ0n) is 14.6. The summed E-state index contributed by atoms with van der Waals surface area (Å²) < 4.78 is 0. The topological polar surface area (TPSA) is 32.3 Å². The van der Waals surface area contributed by atoms with E-state index in [1.807, 2.05) is 0 Å². The number of likely N-dealkylation sites (tertiary alicyclic amines) is 1. The van der Waals surface area contributed by atoms with E-state index in [-0.39, 0.29) is 5.91 Å². The molecule has 2 rings (SSSR count). The molecule has 3 heteroatoms. The molecule has 3 nitrogen and oxygen atoms in total. The maximum atomic E-state index is 12.5. The lowest BCUT2D eigenvalue weighted by atomic mass is 9.92. The van der Waals surface area contributed by atoms with Crippen LogP contribution in [0.5, 0.6) is 0 Å². The molecule has 2 atom stereocenters. The van der Waals surface area contributed by atoms with Gasteiger partial charge in [-0.05, 0) is 42.2 Å². The van der Waals surface area contributed by atoms with Gasteiger partial charge in [-0.1, -0.05) is 45.9 Å². The first-order valence-corrected chi connectivity index (χ1v) is 8.48. The van der Waals surface area contributed by atoms with E-state index in [0.29, 0.717) is 24.3 Å². The molecule has 0 saturated carbocycles. The van der Waals surface area contributed by atoms with Crippen LogP contribution in [0, 0.1) is 18.8 Å². The summed E-state index contributed by atoms with van der Waals surface area (Å²) in [6.45, 7) is 13.5. The van der Waals surface area contributed by atoms with Crippen LogP contribution in [-0.4, -0.2) is 30.4 Å². The Balaban J connectivity index is 2.03. The summed E-state index contributed by atoms with van der Waals surface area (Å²) in [5, 5.41) is 3.16. The third kappa shape index (κ3) is 4.33. The average molecular weight is 302 g/mol. The second kappa shape index (κ2) is 7.28. The van der Waals surface area contributed by atoms with Crippen LogP contribution in [-0.2, 0) is 4.79 Å². The molecule has 1 fully saturated rings. The molecule has 1 aliphatic heterocycles. The summed E-state index contributed by atoms with van der Waals surface area (Å²) in [7, 11) is 0. The molecule has 0 radical (unpaired) electrons. The van der Waals surface area contributed by atoms with E-state index in [0.717, 1.165) is 24.3 Å². The fourth-order valence-corrected chi connectivity index (χ4v) is 3.65. The van der Waals surface area contributed by atoms with Gasteiger partial charge in [0.1, 0.15) is 0 Å². The van der Waals surface area contributed by atoms with Crippen molar-refractivity contribution in [2.24, 2.45) is 11.8 Å². The third-order valence-electron chi connectivity index (χ3n) is 4.50. The number of benzene rings is 1. The van der Waals surface area contributed by atoms with Crippen molar-refractivity contribution in [1.82, 2.24) is 4.90 Å². The number of para-hydroxylation sites is 1. The molecule has 1 saturated heterocycles. The van der Waals surface area contributed by atoms with E-state index in [2.05, 4.69) is 63.0 Å². The lowest BCUT2D eigenvalue weighted by Crippen LogP contribution is -2.43. The Labute approximate surface area is 135 Å². The van der Waals surface area contributed by atoms with E-state index in [1.54, 1.807) is 0 Å². The number of amides is 1. The standard InChI is InChI=1S/C19H30N2O/c1-13(2)17-8-6-7-16(5)19(17)20-18(22)12-21-10-14(3)9-15(4)11-21/h6-8,13-15H,9-12H2,1-5H3,(H,20,22). The Kier molecular flexibility index (Phi) is 5.63. The molecule has 22 heavy (non-hydrogen) atoms. The number of carbonyl (C=O) groups excluding carboxylic acids is 1. The molecule has 1 aromatic carbocycles. The highest BCUT2D eigenvalue weighted by molar-refractivity contribution is 5.93. The third-order valence-corrected chi connectivity index (χ3v) is 4.50. The molecule has 1 amide bonds. The van der Waals surface area contributed by atoms with E-state index in [9.17, 15) is 4.79 Å². The Hall–Kier alpha value is -1.35. The first-order valence-electron chi connectivity index (χ1n) is 8.48. The van der Waals surface area contributed by atoms with E-state index >= 15 is 0 Å². The normalized spacial score (nSPS) is 22.8. The van der Waals surface area contributed by atoms with Crippen LogP contribution in [0.4, 0.5) is 5.69 Å². The minimum Gasteiger partial charge on any atom is -0.324 e. The summed E-state index contributed by atoms with van der Waals surface area (Å²) in [5.74, 6) is 1.88. The van der Waals surface area contributed by atoms with Crippen LogP contribution < -0.4 is 5.32 Å². The zero-order chi connectivity index (χ0) is 16.3. The average Bonchev–Trinajstić information content (AvgIpc) is 2.39. The van der Waals surface area contributed by atoms with Crippen molar-refractivity contribution < 1.29 is 4.79 Å². The molecule has 1 N–H and O–H groups in total. The minimum absolute atomic E-state index is 0.109. The van der Waals surface area contributed by atoms with Gasteiger partial charge < -0.3 is 5.32 Å². The highest BCUT2D eigenvalue weighted by Gasteiger charge is 2.23. The van der Waals surface area contributed by atoms with Crippen molar-refractivity contribution >= 4 is 11.6 Å². The highest BCUT2D eigenvalue weighted by Crippen LogP contribution is 2.27. The van der Waals surface area contributed by atoms with Crippen LogP contribution in [0.15, 0.2) is 18.2 Å². The Morgan fingerprint density at radius 3 is 2.50 bits per heavy atom. The van der Waals surface area contributed by atoms with Crippen LogP contribution in [0.25, 0.3) is 0 Å². The molecular formula is C19H30N2O. The Morgan fingerprint density at radius 1 is 1.27 bits per heavy atom. The summed E-state index contributed by atoms with van der Waals surface area (Å²) in [5.41, 5.74) is 3.36. The molecule has 1 aromatic rings. The van der Waals surface area contributed by atoms with Gasteiger partial charge in [0.15, 0.2) is 0 Å². The molecule has 122 valence electrons. The van der Waals surface area contributed by atoms with Gasteiger partial charge in [0.2, 0.25) is 5.91 Å². The van der Waals surface area contributed by atoms with Gasteiger partial charge in [0.05, 0.1) is 6.54 Å². The maximum absolute atomic E-state index is 12.5. The maximum Gasteiger partial charge on any atom is 0.238 e. The largest absolute Gasteiger partial charge is 0.324 e. The first-order chi connectivity index (χ1) is 10.4. The number of carbonyl (C=O) groups is 1. The van der Waals surface area contributed by atoms with Crippen molar-refractivity contribution in [2.45, 2.75) is 47.0 Å². The SMILES string of the molecule is Cc1cccc(C(C)C)c1NC(=O)CN1CC(C)CC(C)C1. The summed E-state index contributed by atoms with van der Waals surface area (Å²) in [4.78, 5) is 14.8. The lowest BCUT2D eigenvalue weighted by Gasteiger charge is -2.34. The van der Waals surface area contributed by atoms with Gasteiger partial charge in [-0.2, -0.15) is 0 Å². The van der Waals surface area contributed by atoms with Crippen molar-refractivity contribution in [3.05, 3.63) is 29.3 Å². The molecule has 0 aliphatic carbocycles. The monoisotopic (exact) mass is 302 g/mol. The van der Waals surface area contributed by atoms with E-state index < -0.39 is 0 Å². The van der Waals surface area contributed by atoms with Gasteiger partial charge in [-0.25, -0.2) is 0 Å². The van der Waals surface area contributed by atoms with Gasteiger partial charge in [0.25, 0.3) is 0 Å². The Bertz CT molecular complexity index is 514. The number of nitrogens with one attached hydrogen (secondary N) is 1. The number of anilines is 1. The van der Waals surface area contributed by atoms with Gasteiger partial charge >= 0.3 is 0 Å². The molecule has 0 bridgehead atoms. The highest BCUT2D eigenvalue weighted by atomic mass is 16.2. The molecule has 2 unspecified atom stereocenters. The Morgan fingerprint density at radius 2 is 1.91 bits per heavy atom. The quantitative estimate of drug-likeness (QED) is 0.910. The van der Waals surface area contributed by atoms with Gasteiger partial charge in [-0.3, -0.25) is 9.69 Å². The summed E-state index contributed by atoms with van der Waals surface area (Å²) in [6, 6.07) is 6.24. The van der Waals surface area contributed by atoms with Crippen molar-refractivity contribution in [3.8, 4) is 0 Å². The number of nitrogens with zero attached hydrogens (tertiary/aromatic N) is 1. The second-order valence-corrected chi connectivity index (χ2v) is 7.38. The molecule has 0 aromatic heterocycles. The van der Waals surface area contributed by atoms with E-state index in [1.165, 1.54) is 12.0 Å². The number of hydrogen-bond donors (Lipinski definition) is 1. The van der Waals surface area contributed by atoms with Crippen molar-refractivity contribution in [1.29, 1.82) is 0 Å². The second-order valence-electron chi connectivity index (χ2n) is 7.38. The van der Waals surface area contributed by atoms with Crippen molar-refractivity contribution in [2.75, 3.05) is 25.0 Å². The van der Waals surface area contributed by atoms with Gasteiger partial charge in [0, 0.05) is 18.8 Å². The van der Waals surface area contributed by atoms with E-state index in [4.69, 9.17) is 0 Å². The number of hydrogen-bond acceptors (Lipinski definition) is 2. The van der Waals surface area contributed by atoms with Crippen molar-refractivity contribution in [3.63, 3.8) is 0 Å². The predicted molar refractivity (Wildman–Crippen MR) is 93.3 cm³/mol. The van der Waals surface area contributed by atoms with Gasteiger partial charge in [-0.15, -0.1) is 0 Å². The summed E-state index contributed by atoms with van der Waals surface area (Å²) in [6.07, 6.45) is 1.27. The lowest BCUT2D eigenvalue weighted by molar-refractivity contribution is -0.117. The first kappa shape index (κ1) is 17.0. The van der Waals surface area contributed by atoms with Crippen LogP contribution >= 0.6 is 0 Å². The molecule has 1 aliphatic rings. The molecular weight excluding hydrogens is 272 g/mol. The molecule has 1 heterocycles. The van der Waals surface area contributed by atoms with Crippen LogP contribution in [0.1, 0.15) is 51.2 Å². The fraction of sp³-hybridized carbons (Fsp3) is 0.632. The smallest absolute Gasteiger partial charge is 0.238 e. The number of rotatable bonds is 4. The summed E-state index contributed by atoms with van der Waals surface area (Å²) >= 11 is 0. The van der Waals surface area contributed by atoms with Crippen LogP contribution in [0.3, 0.4) is 0 Å². The minimum atomic E-state index is 0.109.